The molecule has 0 radical (unpaired) electrons. The maximum absolute atomic E-state index is 5.69. The minimum Gasteiger partial charge on any atom is -0.230 e. The summed E-state index contributed by atoms with van der Waals surface area (Å²) in [5.74, 6) is 1.10. The molecule has 0 spiro atoms. The van der Waals surface area contributed by atoms with Gasteiger partial charge in [-0.15, -0.1) is 11.8 Å². The molecule has 66 valence electrons. The zero-order valence-corrected chi connectivity index (χ0v) is 8.53. The monoisotopic (exact) mass is 202 g/mol. The molecule has 0 aromatic carbocycles. The van der Waals surface area contributed by atoms with Crippen LogP contribution in [-0.2, 0) is 0 Å². The number of halogens is 1. The molecule has 0 aliphatic heterocycles. The summed E-state index contributed by atoms with van der Waals surface area (Å²) in [5, 5.41) is 1.48. The first-order valence-electron chi connectivity index (χ1n) is 3.93. The topological polar surface area (TPSA) is 25.8 Å². The molecule has 1 aromatic rings. The molecule has 1 rings (SSSR count). The maximum atomic E-state index is 5.69. The number of rotatable bonds is 4. The number of thioether (sulfide) groups is 1. The molecule has 0 aliphatic rings. The van der Waals surface area contributed by atoms with Gasteiger partial charge in [-0.2, -0.15) is 0 Å². The molecule has 0 saturated carbocycles. The second-order valence-electron chi connectivity index (χ2n) is 2.38. The lowest BCUT2D eigenvalue weighted by Gasteiger charge is -1.98. The SMILES string of the molecule is CCCCSc1cc(Cl)ncn1. The summed E-state index contributed by atoms with van der Waals surface area (Å²) in [5.41, 5.74) is 0. The van der Waals surface area contributed by atoms with E-state index in [0.29, 0.717) is 5.15 Å². The van der Waals surface area contributed by atoms with Crippen molar-refractivity contribution in [2.75, 3.05) is 5.75 Å². The van der Waals surface area contributed by atoms with Gasteiger partial charge in [0.1, 0.15) is 16.5 Å². The third-order valence-electron chi connectivity index (χ3n) is 1.36. The first kappa shape index (κ1) is 9.81. The number of unbranched alkanes of at least 4 members (excludes halogenated alkanes) is 1. The highest BCUT2D eigenvalue weighted by atomic mass is 35.5. The molecular formula is C8H11ClN2S. The van der Waals surface area contributed by atoms with E-state index in [9.17, 15) is 0 Å². The molecule has 0 atom stereocenters. The minimum atomic E-state index is 0.518. The van der Waals surface area contributed by atoms with E-state index < -0.39 is 0 Å². The predicted molar refractivity (Wildman–Crippen MR) is 52.7 cm³/mol. The van der Waals surface area contributed by atoms with E-state index in [1.807, 2.05) is 0 Å². The van der Waals surface area contributed by atoms with Gasteiger partial charge in [-0.3, -0.25) is 0 Å². The highest BCUT2D eigenvalue weighted by Crippen LogP contribution is 2.18. The van der Waals surface area contributed by atoms with Crippen LogP contribution >= 0.6 is 23.4 Å². The third-order valence-corrected chi connectivity index (χ3v) is 2.57. The predicted octanol–water partition coefficient (Wildman–Crippen LogP) is 3.02. The van der Waals surface area contributed by atoms with Crippen molar-refractivity contribution in [3.63, 3.8) is 0 Å². The van der Waals surface area contributed by atoms with Crippen LogP contribution < -0.4 is 0 Å². The Hall–Kier alpha value is -0.280. The van der Waals surface area contributed by atoms with E-state index in [4.69, 9.17) is 11.6 Å². The lowest BCUT2D eigenvalue weighted by Crippen LogP contribution is -1.84. The van der Waals surface area contributed by atoms with Gasteiger partial charge in [0.05, 0.1) is 0 Å². The van der Waals surface area contributed by atoms with Gasteiger partial charge in [0.25, 0.3) is 0 Å². The molecule has 0 saturated heterocycles. The molecule has 0 bridgehead atoms. The molecule has 1 heterocycles. The average molecular weight is 203 g/mol. The Morgan fingerprint density at radius 3 is 3.00 bits per heavy atom. The second-order valence-corrected chi connectivity index (χ2v) is 3.88. The number of hydrogen-bond donors (Lipinski definition) is 0. The zero-order chi connectivity index (χ0) is 8.81. The van der Waals surface area contributed by atoms with Crippen LogP contribution in [0.3, 0.4) is 0 Å². The lowest BCUT2D eigenvalue weighted by molar-refractivity contribution is 0.894. The molecule has 1 aromatic heterocycles. The van der Waals surface area contributed by atoms with E-state index in [-0.39, 0.29) is 0 Å². The Balaban J connectivity index is 2.41. The first-order valence-corrected chi connectivity index (χ1v) is 5.29. The van der Waals surface area contributed by atoms with Crippen LogP contribution in [0.5, 0.6) is 0 Å². The summed E-state index contributed by atoms with van der Waals surface area (Å²) in [4.78, 5) is 7.89. The van der Waals surface area contributed by atoms with Gasteiger partial charge in [0.2, 0.25) is 0 Å². The zero-order valence-electron chi connectivity index (χ0n) is 6.96. The van der Waals surface area contributed by atoms with Crippen molar-refractivity contribution >= 4 is 23.4 Å². The molecule has 0 aliphatic carbocycles. The van der Waals surface area contributed by atoms with E-state index in [2.05, 4.69) is 16.9 Å². The molecule has 0 N–H and O–H groups in total. The minimum absolute atomic E-state index is 0.518. The molecule has 4 heteroatoms. The Morgan fingerprint density at radius 1 is 1.50 bits per heavy atom. The highest BCUT2D eigenvalue weighted by Gasteiger charge is 1.96. The van der Waals surface area contributed by atoms with Crippen molar-refractivity contribution in [3.8, 4) is 0 Å². The normalized spacial score (nSPS) is 10.2. The molecule has 2 nitrogen and oxygen atoms in total. The summed E-state index contributed by atoms with van der Waals surface area (Å²) in [6.45, 7) is 2.17. The molecule has 0 unspecified atom stereocenters. The standard InChI is InChI=1S/C8H11ClN2S/c1-2-3-4-12-8-5-7(9)10-6-11-8/h5-6H,2-4H2,1H3. The fourth-order valence-electron chi connectivity index (χ4n) is 0.717. The van der Waals surface area contributed by atoms with E-state index in [0.717, 1.165) is 10.8 Å². The number of aromatic nitrogens is 2. The van der Waals surface area contributed by atoms with Crippen LogP contribution in [-0.4, -0.2) is 15.7 Å². The molecule has 12 heavy (non-hydrogen) atoms. The van der Waals surface area contributed by atoms with Crippen molar-refractivity contribution in [2.45, 2.75) is 24.8 Å². The van der Waals surface area contributed by atoms with Crippen LogP contribution in [0.1, 0.15) is 19.8 Å². The maximum Gasteiger partial charge on any atom is 0.133 e. The van der Waals surface area contributed by atoms with Gasteiger partial charge in [-0.05, 0) is 12.2 Å². The van der Waals surface area contributed by atoms with Gasteiger partial charge in [0, 0.05) is 6.07 Å². The van der Waals surface area contributed by atoms with Crippen molar-refractivity contribution in [2.24, 2.45) is 0 Å². The van der Waals surface area contributed by atoms with Gasteiger partial charge >= 0.3 is 0 Å². The Morgan fingerprint density at radius 2 is 2.33 bits per heavy atom. The summed E-state index contributed by atoms with van der Waals surface area (Å²) in [6.07, 6.45) is 3.93. The van der Waals surface area contributed by atoms with Gasteiger partial charge in [0.15, 0.2) is 0 Å². The van der Waals surface area contributed by atoms with Crippen molar-refractivity contribution in [1.29, 1.82) is 0 Å². The Kier molecular flexibility index (Phi) is 4.40. The quantitative estimate of drug-likeness (QED) is 0.427. The Labute approximate surface area is 81.8 Å². The van der Waals surface area contributed by atoms with E-state index >= 15 is 0 Å². The third kappa shape index (κ3) is 3.41. The lowest BCUT2D eigenvalue weighted by atomic mass is 10.4. The van der Waals surface area contributed by atoms with Gasteiger partial charge < -0.3 is 0 Å². The summed E-state index contributed by atoms with van der Waals surface area (Å²) < 4.78 is 0. The van der Waals surface area contributed by atoms with Crippen LogP contribution in [0.2, 0.25) is 5.15 Å². The van der Waals surface area contributed by atoms with Gasteiger partial charge in [-0.25, -0.2) is 9.97 Å². The van der Waals surface area contributed by atoms with E-state index in [1.54, 1.807) is 17.8 Å². The Bertz CT molecular complexity index is 242. The van der Waals surface area contributed by atoms with E-state index in [1.165, 1.54) is 19.2 Å². The summed E-state index contributed by atoms with van der Waals surface area (Å²) >= 11 is 7.42. The smallest absolute Gasteiger partial charge is 0.133 e. The van der Waals surface area contributed by atoms with Crippen LogP contribution in [0, 0.1) is 0 Å². The van der Waals surface area contributed by atoms with Crippen molar-refractivity contribution < 1.29 is 0 Å². The molecule has 0 amide bonds. The highest BCUT2D eigenvalue weighted by molar-refractivity contribution is 7.99. The van der Waals surface area contributed by atoms with Crippen LogP contribution in [0.4, 0.5) is 0 Å². The summed E-state index contributed by atoms with van der Waals surface area (Å²) in [6, 6.07) is 1.79. The molecule has 0 fully saturated rings. The van der Waals surface area contributed by atoms with Gasteiger partial charge in [-0.1, -0.05) is 24.9 Å². The van der Waals surface area contributed by atoms with Crippen molar-refractivity contribution in [1.82, 2.24) is 9.97 Å². The number of nitrogens with zero attached hydrogens (tertiary/aromatic N) is 2. The fraction of sp³-hybridized carbons (Fsp3) is 0.500. The summed E-state index contributed by atoms with van der Waals surface area (Å²) in [7, 11) is 0. The number of hydrogen-bond acceptors (Lipinski definition) is 3. The largest absolute Gasteiger partial charge is 0.230 e. The first-order chi connectivity index (χ1) is 5.83. The molecular weight excluding hydrogens is 192 g/mol. The fourth-order valence-corrected chi connectivity index (χ4v) is 1.89. The second kappa shape index (κ2) is 5.38. The average Bonchev–Trinajstić information content (AvgIpc) is 2.05. The van der Waals surface area contributed by atoms with Crippen molar-refractivity contribution in [3.05, 3.63) is 17.5 Å². The van der Waals surface area contributed by atoms with Crippen LogP contribution in [0.25, 0.3) is 0 Å². The van der Waals surface area contributed by atoms with Crippen LogP contribution in [0.15, 0.2) is 17.4 Å².